The lowest BCUT2D eigenvalue weighted by molar-refractivity contribution is 0.0697. The molecule has 2 rings (SSSR count). The number of likely N-dealkylation sites (tertiary alicyclic amines) is 1. The quantitative estimate of drug-likeness (QED) is 0.873. The molecule has 1 N–H and O–H groups in total. The lowest BCUT2D eigenvalue weighted by Gasteiger charge is -2.25. The Bertz CT molecular complexity index is 467. The molecule has 110 valence electrons. The Balaban J connectivity index is 1.77. The maximum absolute atomic E-state index is 12.0. The Labute approximate surface area is 122 Å². The molecular formula is C15H21NO3S. The molecule has 20 heavy (non-hydrogen) atoms. The molecular weight excluding hydrogens is 274 g/mol. The predicted molar refractivity (Wildman–Crippen MR) is 80.4 cm³/mol. The standard InChI is InChI=1S/C15H21NO3S/c17-15(18)14-6-4-13(5-7-14)12-20(19)11-10-16-8-2-1-3-9-16/h4-7H,1-3,8-12H2,(H,17,18). The summed E-state index contributed by atoms with van der Waals surface area (Å²) >= 11 is 0. The molecule has 0 saturated carbocycles. The first-order chi connectivity index (χ1) is 9.65. The summed E-state index contributed by atoms with van der Waals surface area (Å²) in [6.07, 6.45) is 3.82. The zero-order valence-corrected chi connectivity index (χ0v) is 12.4. The minimum atomic E-state index is -0.928. The Morgan fingerprint density at radius 3 is 2.40 bits per heavy atom. The van der Waals surface area contributed by atoms with E-state index >= 15 is 0 Å². The van der Waals surface area contributed by atoms with Crippen LogP contribution in [0.3, 0.4) is 0 Å². The number of piperidine rings is 1. The van der Waals surface area contributed by atoms with Gasteiger partial charge in [0.25, 0.3) is 0 Å². The fourth-order valence-corrected chi connectivity index (χ4v) is 3.59. The smallest absolute Gasteiger partial charge is 0.335 e. The van der Waals surface area contributed by atoms with Crippen molar-refractivity contribution in [3.8, 4) is 0 Å². The van der Waals surface area contributed by atoms with E-state index in [1.54, 1.807) is 24.3 Å². The van der Waals surface area contributed by atoms with Gasteiger partial charge in [0.2, 0.25) is 0 Å². The van der Waals surface area contributed by atoms with Crippen molar-refractivity contribution in [1.82, 2.24) is 4.90 Å². The molecule has 1 atom stereocenters. The molecule has 1 heterocycles. The van der Waals surface area contributed by atoms with Gasteiger partial charge in [-0.15, -0.1) is 0 Å². The summed E-state index contributed by atoms with van der Waals surface area (Å²) in [5.74, 6) is 0.275. The van der Waals surface area contributed by atoms with Gasteiger partial charge in [-0.3, -0.25) is 4.21 Å². The zero-order valence-electron chi connectivity index (χ0n) is 11.6. The molecule has 1 unspecified atom stereocenters. The van der Waals surface area contributed by atoms with Crippen LogP contribution in [0, 0.1) is 0 Å². The lowest BCUT2D eigenvalue weighted by atomic mass is 10.1. The molecule has 0 amide bonds. The Morgan fingerprint density at radius 2 is 1.80 bits per heavy atom. The molecule has 4 nitrogen and oxygen atoms in total. The van der Waals surface area contributed by atoms with Crippen molar-refractivity contribution >= 4 is 16.8 Å². The van der Waals surface area contributed by atoms with E-state index in [1.165, 1.54) is 19.3 Å². The Morgan fingerprint density at radius 1 is 1.15 bits per heavy atom. The first kappa shape index (κ1) is 15.2. The lowest BCUT2D eigenvalue weighted by Crippen LogP contribution is -2.33. The summed E-state index contributed by atoms with van der Waals surface area (Å²) in [5, 5.41) is 8.82. The highest BCUT2D eigenvalue weighted by atomic mass is 32.2. The van der Waals surface area contributed by atoms with Crippen LogP contribution < -0.4 is 0 Å². The van der Waals surface area contributed by atoms with Gasteiger partial charge in [0.15, 0.2) is 0 Å². The van der Waals surface area contributed by atoms with E-state index in [2.05, 4.69) is 4.90 Å². The van der Waals surface area contributed by atoms with Gasteiger partial charge in [0.1, 0.15) is 0 Å². The number of carboxylic acid groups (broad SMARTS) is 1. The van der Waals surface area contributed by atoms with Crippen LogP contribution in [0.1, 0.15) is 35.2 Å². The van der Waals surface area contributed by atoms with Crippen LogP contribution in [0.5, 0.6) is 0 Å². The number of carboxylic acids is 1. The molecule has 1 aromatic carbocycles. The maximum Gasteiger partial charge on any atom is 0.335 e. The second-order valence-electron chi connectivity index (χ2n) is 5.19. The third-order valence-electron chi connectivity index (χ3n) is 3.61. The highest BCUT2D eigenvalue weighted by molar-refractivity contribution is 7.84. The van der Waals surface area contributed by atoms with Crippen molar-refractivity contribution in [2.75, 3.05) is 25.4 Å². The topological polar surface area (TPSA) is 57.6 Å². The van der Waals surface area contributed by atoms with E-state index < -0.39 is 16.8 Å². The first-order valence-corrected chi connectivity index (χ1v) is 8.53. The van der Waals surface area contributed by atoms with Gasteiger partial charge in [-0.1, -0.05) is 18.6 Å². The monoisotopic (exact) mass is 295 g/mol. The van der Waals surface area contributed by atoms with Gasteiger partial charge in [-0.2, -0.15) is 0 Å². The minimum Gasteiger partial charge on any atom is -0.478 e. The van der Waals surface area contributed by atoms with Crippen molar-refractivity contribution in [3.05, 3.63) is 35.4 Å². The summed E-state index contributed by atoms with van der Waals surface area (Å²) in [6, 6.07) is 6.64. The number of rotatable bonds is 6. The second kappa shape index (κ2) is 7.55. The first-order valence-electron chi connectivity index (χ1n) is 7.05. The minimum absolute atomic E-state index is 0.271. The number of carbonyl (C=O) groups is 1. The molecule has 0 radical (unpaired) electrons. The van der Waals surface area contributed by atoms with Crippen LogP contribution in [0.15, 0.2) is 24.3 Å². The summed E-state index contributed by atoms with van der Waals surface area (Å²) < 4.78 is 12.0. The molecule has 0 aromatic heterocycles. The number of nitrogens with zero attached hydrogens (tertiary/aromatic N) is 1. The average molecular weight is 295 g/mol. The highest BCUT2D eigenvalue weighted by Gasteiger charge is 2.11. The Kier molecular flexibility index (Phi) is 5.73. The third-order valence-corrected chi connectivity index (χ3v) is 4.91. The summed E-state index contributed by atoms with van der Waals surface area (Å²) in [5.41, 5.74) is 1.21. The maximum atomic E-state index is 12.0. The van der Waals surface area contributed by atoms with Crippen molar-refractivity contribution in [3.63, 3.8) is 0 Å². The number of hydrogen-bond acceptors (Lipinski definition) is 3. The molecule has 1 aliphatic heterocycles. The van der Waals surface area contributed by atoms with Gasteiger partial charge in [0.05, 0.1) is 5.56 Å². The average Bonchev–Trinajstić information content (AvgIpc) is 2.47. The molecule has 5 heteroatoms. The van der Waals surface area contributed by atoms with Crippen molar-refractivity contribution in [2.24, 2.45) is 0 Å². The summed E-state index contributed by atoms with van der Waals surface area (Å²) in [6.45, 7) is 3.16. The van der Waals surface area contributed by atoms with Gasteiger partial charge in [-0.05, 0) is 43.6 Å². The molecule has 1 aliphatic rings. The molecule has 0 spiro atoms. The molecule has 1 fully saturated rings. The number of benzene rings is 1. The van der Waals surface area contributed by atoms with Gasteiger partial charge < -0.3 is 10.0 Å². The van der Waals surface area contributed by atoms with Crippen LogP contribution in [0.4, 0.5) is 0 Å². The van der Waals surface area contributed by atoms with E-state index in [9.17, 15) is 9.00 Å². The Hall–Kier alpha value is -1.20. The summed E-state index contributed by atoms with van der Waals surface area (Å²) in [7, 11) is -0.879. The van der Waals surface area contributed by atoms with Crippen LogP contribution in [-0.2, 0) is 16.6 Å². The van der Waals surface area contributed by atoms with Crippen LogP contribution in [0.2, 0.25) is 0 Å². The molecule has 0 bridgehead atoms. The second-order valence-corrected chi connectivity index (χ2v) is 6.77. The van der Waals surface area contributed by atoms with Gasteiger partial charge >= 0.3 is 5.97 Å². The van der Waals surface area contributed by atoms with Gasteiger partial charge in [0, 0.05) is 28.9 Å². The van der Waals surface area contributed by atoms with Gasteiger partial charge in [-0.25, -0.2) is 4.79 Å². The van der Waals surface area contributed by atoms with Crippen LogP contribution >= 0.6 is 0 Å². The normalized spacial score (nSPS) is 17.8. The van der Waals surface area contributed by atoms with E-state index in [4.69, 9.17) is 5.11 Å². The van der Waals surface area contributed by atoms with Crippen LogP contribution in [-0.4, -0.2) is 45.6 Å². The third kappa shape index (κ3) is 4.72. The van der Waals surface area contributed by atoms with E-state index in [0.717, 1.165) is 25.2 Å². The fourth-order valence-electron chi connectivity index (χ4n) is 2.42. The van der Waals surface area contributed by atoms with Crippen molar-refractivity contribution in [1.29, 1.82) is 0 Å². The fraction of sp³-hybridized carbons (Fsp3) is 0.533. The van der Waals surface area contributed by atoms with E-state index in [1.807, 2.05) is 0 Å². The predicted octanol–water partition coefficient (Wildman–Crippen LogP) is 2.12. The van der Waals surface area contributed by atoms with E-state index in [0.29, 0.717) is 11.5 Å². The number of aromatic carboxylic acids is 1. The molecule has 1 aromatic rings. The van der Waals surface area contributed by atoms with Crippen molar-refractivity contribution < 1.29 is 14.1 Å². The molecule has 1 saturated heterocycles. The van der Waals surface area contributed by atoms with Crippen molar-refractivity contribution in [2.45, 2.75) is 25.0 Å². The zero-order chi connectivity index (χ0) is 14.4. The molecule has 0 aliphatic carbocycles. The summed E-state index contributed by atoms with van der Waals surface area (Å²) in [4.78, 5) is 13.1. The van der Waals surface area contributed by atoms with E-state index in [-0.39, 0.29) is 5.56 Å². The largest absolute Gasteiger partial charge is 0.478 e. The van der Waals surface area contributed by atoms with Crippen LogP contribution in [0.25, 0.3) is 0 Å². The number of hydrogen-bond donors (Lipinski definition) is 1. The SMILES string of the molecule is O=C(O)c1ccc(CS(=O)CCN2CCCCC2)cc1. The highest BCUT2D eigenvalue weighted by Crippen LogP contribution is 2.10.